The van der Waals surface area contributed by atoms with E-state index < -0.39 is 0 Å². The van der Waals surface area contributed by atoms with E-state index in [1.54, 1.807) is 0 Å². The molecular formula is C19H27N3O2. The monoisotopic (exact) mass is 329 g/mol. The summed E-state index contributed by atoms with van der Waals surface area (Å²) in [5.74, 6) is 0.555. The molecule has 24 heavy (non-hydrogen) atoms. The highest BCUT2D eigenvalue weighted by molar-refractivity contribution is 5.94. The number of carbonyl (C=O) groups is 2. The van der Waals surface area contributed by atoms with Gasteiger partial charge >= 0.3 is 0 Å². The topological polar surface area (TPSA) is 61.4 Å². The molecule has 0 spiro atoms. The molecule has 2 N–H and O–H groups in total. The lowest BCUT2D eigenvalue weighted by Gasteiger charge is -2.33. The number of carbonyl (C=O) groups excluding carboxylic acids is 2. The molecule has 5 nitrogen and oxygen atoms in total. The lowest BCUT2D eigenvalue weighted by molar-refractivity contribution is -0.123. The molecule has 2 atom stereocenters. The summed E-state index contributed by atoms with van der Waals surface area (Å²) < 4.78 is 0. The van der Waals surface area contributed by atoms with Gasteiger partial charge in [0.2, 0.25) is 5.91 Å². The van der Waals surface area contributed by atoms with Gasteiger partial charge in [-0.1, -0.05) is 17.7 Å². The molecular weight excluding hydrogens is 302 g/mol. The van der Waals surface area contributed by atoms with Gasteiger partial charge in [0.15, 0.2) is 0 Å². The Morgan fingerprint density at radius 1 is 1.29 bits per heavy atom. The molecule has 2 amide bonds. The van der Waals surface area contributed by atoms with Crippen molar-refractivity contribution in [2.24, 2.45) is 5.92 Å². The molecule has 3 rings (SSSR count). The van der Waals surface area contributed by atoms with E-state index in [0.717, 1.165) is 56.4 Å². The second-order valence-corrected chi connectivity index (χ2v) is 7.02. The molecule has 130 valence electrons. The van der Waals surface area contributed by atoms with Gasteiger partial charge in [0, 0.05) is 25.2 Å². The third kappa shape index (κ3) is 4.15. The van der Waals surface area contributed by atoms with Crippen molar-refractivity contribution in [3.63, 3.8) is 0 Å². The maximum Gasteiger partial charge on any atom is 0.253 e. The minimum Gasteiger partial charge on any atom is -0.354 e. The van der Waals surface area contributed by atoms with Gasteiger partial charge in [0.25, 0.3) is 5.91 Å². The molecule has 0 radical (unpaired) electrons. The van der Waals surface area contributed by atoms with Gasteiger partial charge in [-0.3, -0.25) is 9.59 Å². The number of benzene rings is 1. The first kappa shape index (κ1) is 17.0. The zero-order chi connectivity index (χ0) is 16.9. The zero-order valence-electron chi connectivity index (χ0n) is 14.4. The third-order valence-corrected chi connectivity index (χ3v) is 5.01. The molecule has 0 unspecified atom stereocenters. The minimum atomic E-state index is -0.0291. The van der Waals surface area contributed by atoms with Crippen LogP contribution >= 0.6 is 0 Å². The van der Waals surface area contributed by atoms with Gasteiger partial charge in [0.05, 0.1) is 6.04 Å². The first-order chi connectivity index (χ1) is 11.6. The van der Waals surface area contributed by atoms with Crippen LogP contribution in [0.25, 0.3) is 0 Å². The number of hydrogen-bond donors (Lipinski definition) is 2. The van der Waals surface area contributed by atoms with Crippen molar-refractivity contribution in [1.29, 1.82) is 0 Å². The quantitative estimate of drug-likeness (QED) is 0.884. The van der Waals surface area contributed by atoms with Crippen LogP contribution in [0.5, 0.6) is 0 Å². The molecule has 0 bridgehead atoms. The second kappa shape index (κ2) is 7.79. The number of rotatable bonds is 4. The van der Waals surface area contributed by atoms with Crippen LogP contribution in [0.2, 0.25) is 0 Å². The Kier molecular flexibility index (Phi) is 5.51. The fourth-order valence-corrected chi connectivity index (χ4v) is 3.65. The van der Waals surface area contributed by atoms with Crippen LogP contribution < -0.4 is 10.6 Å². The number of aryl methyl sites for hydroxylation is 1. The van der Waals surface area contributed by atoms with E-state index in [2.05, 4.69) is 10.6 Å². The summed E-state index contributed by atoms with van der Waals surface area (Å²) in [6.45, 7) is 5.13. The Morgan fingerprint density at radius 3 is 2.92 bits per heavy atom. The van der Waals surface area contributed by atoms with E-state index in [1.165, 1.54) is 0 Å². The van der Waals surface area contributed by atoms with Gasteiger partial charge in [-0.2, -0.15) is 0 Å². The lowest BCUT2D eigenvalue weighted by atomic mass is 9.97. The molecule has 2 saturated heterocycles. The molecule has 2 aliphatic rings. The van der Waals surface area contributed by atoms with E-state index in [0.29, 0.717) is 12.5 Å². The van der Waals surface area contributed by atoms with Crippen molar-refractivity contribution in [1.82, 2.24) is 15.5 Å². The summed E-state index contributed by atoms with van der Waals surface area (Å²) in [5.41, 5.74) is 1.86. The highest BCUT2D eigenvalue weighted by Crippen LogP contribution is 2.19. The summed E-state index contributed by atoms with van der Waals surface area (Å²) in [7, 11) is 0. The Labute approximate surface area is 143 Å². The number of hydrogen-bond acceptors (Lipinski definition) is 3. The predicted octanol–water partition coefficient (Wildman–Crippen LogP) is 1.72. The summed E-state index contributed by atoms with van der Waals surface area (Å²) in [4.78, 5) is 26.7. The molecule has 1 aromatic carbocycles. The van der Waals surface area contributed by atoms with Crippen LogP contribution in [-0.4, -0.2) is 48.9 Å². The molecule has 2 fully saturated rings. The first-order valence-corrected chi connectivity index (χ1v) is 9.00. The number of amides is 2. The highest BCUT2D eigenvalue weighted by Gasteiger charge is 2.26. The van der Waals surface area contributed by atoms with Crippen molar-refractivity contribution < 1.29 is 9.59 Å². The van der Waals surface area contributed by atoms with Crippen molar-refractivity contribution in [2.75, 3.05) is 26.2 Å². The lowest BCUT2D eigenvalue weighted by Crippen LogP contribution is -2.46. The molecule has 1 aromatic rings. The van der Waals surface area contributed by atoms with Crippen LogP contribution in [0.1, 0.15) is 41.6 Å². The summed E-state index contributed by atoms with van der Waals surface area (Å²) in [6.07, 6.45) is 4.06. The van der Waals surface area contributed by atoms with Gasteiger partial charge in [-0.15, -0.1) is 0 Å². The number of nitrogens with zero attached hydrogens (tertiary/aromatic N) is 1. The average molecular weight is 329 g/mol. The van der Waals surface area contributed by atoms with Crippen LogP contribution in [0.4, 0.5) is 0 Å². The summed E-state index contributed by atoms with van der Waals surface area (Å²) in [6, 6.07) is 7.73. The normalized spacial score (nSPS) is 24.0. The van der Waals surface area contributed by atoms with Gasteiger partial charge in [-0.05, 0) is 57.2 Å². The van der Waals surface area contributed by atoms with Crippen molar-refractivity contribution in [2.45, 2.75) is 38.6 Å². The SMILES string of the molecule is Cc1cccc(C(=O)N2CCC[C@H](CNC(=O)[C@H]3CCCN3)C2)c1. The standard InChI is InChI=1S/C19H27N3O2/c1-14-5-2-7-16(11-14)19(24)22-10-4-6-15(13-22)12-21-18(23)17-8-3-9-20-17/h2,5,7,11,15,17,20H,3-4,6,8-10,12-13H2,1H3,(H,21,23)/t15-,17-/m1/s1. The average Bonchev–Trinajstić information content (AvgIpc) is 3.14. The highest BCUT2D eigenvalue weighted by atomic mass is 16.2. The van der Waals surface area contributed by atoms with Gasteiger partial charge in [0.1, 0.15) is 0 Å². The Hall–Kier alpha value is -1.88. The number of nitrogens with one attached hydrogen (secondary N) is 2. The van der Waals surface area contributed by atoms with Crippen LogP contribution in [0.3, 0.4) is 0 Å². The Balaban J connectivity index is 1.52. The number of likely N-dealkylation sites (tertiary alicyclic amines) is 1. The minimum absolute atomic E-state index is 0.0291. The second-order valence-electron chi connectivity index (χ2n) is 7.02. The first-order valence-electron chi connectivity index (χ1n) is 9.00. The third-order valence-electron chi connectivity index (χ3n) is 5.01. The van der Waals surface area contributed by atoms with Crippen LogP contribution in [0.15, 0.2) is 24.3 Å². The van der Waals surface area contributed by atoms with E-state index in [1.807, 2.05) is 36.1 Å². The largest absolute Gasteiger partial charge is 0.354 e. The zero-order valence-corrected chi connectivity index (χ0v) is 14.4. The Bertz CT molecular complexity index is 596. The van der Waals surface area contributed by atoms with Crippen LogP contribution in [0, 0.1) is 12.8 Å². The number of piperidine rings is 1. The maximum atomic E-state index is 12.7. The van der Waals surface area contributed by atoms with Gasteiger partial charge < -0.3 is 15.5 Å². The van der Waals surface area contributed by atoms with Gasteiger partial charge in [-0.25, -0.2) is 0 Å². The molecule has 5 heteroatoms. The molecule has 2 heterocycles. The molecule has 0 aliphatic carbocycles. The van der Waals surface area contributed by atoms with Crippen molar-refractivity contribution in [3.05, 3.63) is 35.4 Å². The summed E-state index contributed by atoms with van der Waals surface area (Å²) in [5, 5.41) is 6.28. The van der Waals surface area contributed by atoms with E-state index in [9.17, 15) is 9.59 Å². The van der Waals surface area contributed by atoms with Crippen molar-refractivity contribution >= 4 is 11.8 Å². The molecule has 0 saturated carbocycles. The smallest absolute Gasteiger partial charge is 0.253 e. The molecule has 0 aromatic heterocycles. The fourth-order valence-electron chi connectivity index (χ4n) is 3.65. The van der Waals surface area contributed by atoms with Crippen molar-refractivity contribution in [3.8, 4) is 0 Å². The van der Waals surface area contributed by atoms with E-state index in [-0.39, 0.29) is 17.9 Å². The van der Waals surface area contributed by atoms with E-state index in [4.69, 9.17) is 0 Å². The predicted molar refractivity (Wildman–Crippen MR) is 93.8 cm³/mol. The maximum absolute atomic E-state index is 12.7. The summed E-state index contributed by atoms with van der Waals surface area (Å²) >= 11 is 0. The Morgan fingerprint density at radius 2 is 2.17 bits per heavy atom. The van der Waals surface area contributed by atoms with Crippen LogP contribution in [-0.2, 0) is 4.79 Å². The van der Waals surface area contributed by atoms with E-state index >= 15 is 0 Å². The molecule has 2 aliphatic heterocycles. The fraction of sp³-hybridized carbons (Fsp3) is 0.579.